The van der Waals surface area contributed by atoms with E-state index in [1.807, 2.05) is 18.2 Å². The van der Waals surface area contributed by atoms with Crippen molar-refractivity contribution in [1.82, 2.24) is 19.9 Å². The number of amides is 1. The maximum Gasteiger partial charge on any atom is 0.252 e. The van der Waals surface area contributed by atoms with E-state index in [-0.39, 0.29) is 17.3 Å². The molecule has 4 rings (SSSR count). The van der Waals surface area contributed by atoms with Crippen LogP contribution in [0.25, 0.3) is 17.0 Å². The molecule has 4 aromatic rings. The number of aryl methyl sites for hydroxylation is 1. The molecule has 0 unspecified atom stereocenters. The van der Waals surface area contributed by atoms with Gasteiger partial charge in [-0.1, -0.05) is 30.3 Å². The van der Waals surface area contributed by atoms with Crippen LogP contribution in [-0.2, 0) is 6.42 Å². The van der Waals surface area contributed by atoms with Crippen molar-refractivity contribution in [3.63, 3.8) is 0 Å². The van der Waals surface area contributed by atoms with E-state index < -0.39 is 11.6 Å². The zero-order chi connectivity index (χ0) is 20.2. The molecule has 0 spiro atoms. The molecular formula is C22H18F2N4O. The van der Waals surface area contributed by atoms with Gasteiger partial charge < -0.3 is 5.32 Å². The van der Waals surface area contributed by atoms with Gasteiger partial charge in [-0.2, -0.15) is 0 Å². The molecule has 7 heteroatoms. The minimum absolute atomic E-state index is 0.0158. The summed E-state index contributed by atoms with van der Waals surface area (Å²) in [4.78, 5) is 12.5. The third-order valence-corrected chi connectivity index (χ3v) is 4.60. The van der Waals surface area contributed by atoms with Crippen molar-refractivity contribution in [2.45, 2.75) is 12.8 Å². The van der Waals surface area contributed by atoms with Crippen molar-refractivity contribution in [1.29, 1.82) is 0 Å². The summed E-state index contributed by atoms with van der Waals surface area (Å²) in [6, 6.07) is 16.4. The number of nitrogens with one attached hydrogen (secondary N) is 1. The molecule has 0 fully saturated rings. The van der Waals surface area contributed by atoms with Crippen LogP contribution in [0.5, 0.6) is 0 Å². The second-order valence-electron chi connectivity index (χ2n) is 6.64. The third kappa shape index (κ3) is 4.13. The Hall–Kier alpha value is -3.61. The molecule has 0 aliphatic carbocycles. The molecule has 0 saturated carbocycles. The fourth-order valence-electron chi connectivity index (χ4n) is 3.12. The maximum absolute atomic E-state index is 14.1. The first-order chi connectivity index (χ1) is 14.1. The highest BCUT2D eigenvalue weighted by molar-refractivity contribution is 5.94. The molecule has 2 aromatic heterocycles. The van der Waals surface area contributed by atoms with Crippen LogP contribution < -0.4 is 5.32 Å². The fourth-order valence-corrected chi connectivity index (χ4v) is 3.12. The fraction of sp³-hybridized carbons (Fsp3) is 0.136. The zero-order valence-corrected chi connectivity index (χ0v) is 15.5. The lowest BCUT2D eigenvalue weighted by Gasteiger charge is -2.07. The van der Waals surface area contributed by atoms with E-state index in [0.717, 1.165) is 31.0 Å². The van der Waals surface area contributed by atoms with Gasteiger partial charge in [-0.3, -0.25) is 9.20 Å². The molecule has 0 saturated heterocycles. The number of hydrogen-bond acceptors (Lipinski definition) is 3. The lowest BCUT2D eigenvalue weighted by molar-refractivity contribution is 0.0953. The highest BCUT2D eigenvalue weighted by Crippen LogP contribution is 2.23. The molecule has 0 aliphatic rings. The quantitative estimate of drug-likeness (QED) is 0.504. The van der Waals surface area contributed by atoms with E-state index in [9.17, 15) is 13.6 Å². The van der Waals surface area contributed by atoms with Crippen molar-refractivity contribution in [2.24, 2.45) is 0 Å². The first-order valence-corrected chi connectivity index (χ1v) is 9.24. The van der Waals surface area contributed by atoms with Crippen LogP contribution in [0.3, 0.4) is 0 Å². The number of rotatable bonds is 6. The van der Waals surface area contributed by atoms with Crippen LogP contribution in [0.1, 0.15) is 22.3 Å². The summed E-state index contributed by atoms with van der Waals surface area (Å²) in [6.07, 6.45) is 3.21. The second-order valence-corrected chi connectivity index (χ2v) is 6.64. The van der Waals surface area contributed by atoms with Gasteiger partial charge in [0.05, 0.1) is 11.1 Å². The van der Waals surface area contributed by atoms with E-state index in [1.165, 1.54) is 16.2 Å². The van der Waals surface area contributed by atoms with E-state index in [4.69, 9.17) is 0 Å². The summed E-state index contributed by atoms with van der Waals surface area (Å²) in [7, 11) is 0. The topological polar surface area (TPSA) is 59.3 Å². The number of fused-ring (bicyclic) bond motifs is 1. The van der Waals surface area contributed by atoms with Gasteiger partial charge in [0.2, 0.25) is 0 Å². The van der Waals surface area contributed by atoms with Gasteiger partial charge in [0.1, 0.15) is 11.6 Å². The predicted molar refractivity (Wildman–Crippen MR) is 105 cm³/mol. The van der Waals surface area contributed by atoms with E-state index in [0.29, 0.717) is 17.8 Å². The minimum atomic E-state index is -0.614. The number of hydrogen-bond donors (Lipinski definition) is 1. The SMILES string of the molecule is O=C(NCCCc1ccccc1)c1ccc2nnc(-c3cc(F)ccc3F)n2c1. The second kappa shape index (κ2) is 8.18. The Bertz CT molecular complexity index is 1160. The van der Waals surface area contributed by atoms with Gasteiger partial charge in [-0.15, -0.1) is 10.2 Å². The van der Waals surface area contributed by atoms with Crippen LogP contribution in [0.2, 0.25) is 0 Å². The summed E-state index contributed by atoms with van der Waals surface area (Å²) >= 11 is 0. The Labute approximate surface area is 166 Å². The first kappa shape index (κ1) is 18.7. The molecule has 1 N–H and O–H groups in total. The largest absolute Gasteiger partial charge is 0.352 e. The van der Waals surface area contributed by atoms with Gasteiger partial charge in [0.15, 0.2) is 11.5 Å². The Morgan fingerprint density at radius 3 is 2.66 bits per heavy atom. The van der Waals surface area contributed by atoms with E-state index in [2.05, 4.69) is 27.6 Å². The Morgan fingerprint density at radius 2 is 1.83 bits per heavy atom. The van der Waals surface area contributed by atoms with Crippen molar-refractivity contribution >= 4 is 11.6 Å². The molecule has 0 bridgehead atoms. The van der Waals surface area contributed by atoms with Crippen molar-refractivity contribution < 1.29 is 13.6 Å². The molecule has 2 aromatic carbocycles. The smallest absolute Gasteiger partial charge is 0.252 e. The number of nitrogens with zero attached hydrogens (tertiary/aromatic N) is 3. The lowest BCUT2D eigenvalue weighted by Crippen LogP contribution is -2.25. The van der Waals surface area contributed by atoms with Gasteiger partial charge >= 0.3 is 0 Å². The molecular weight excluding hydrogens is 374 g/mol. The highest BCUT2D eigenvalue weighted by Gasteiger charge is 2.15. The number of carbonyl (C=O) groups is 1. The van der Waals surface area contributed by atoms with E-state index in [1.54, 1.807) is 12.1 Å². The van der Waals surface area contributed by atoms with Crippen molar-refractivity contribution in [3.05, 3.63) is 89.6 Å². The lowest BCUT2D eigenvalue weighted by atomic mass is 10.1. The zero-order valence-electron chi connectivity index (χ0n) is 15.5. The summed E-state index contributed by atoms with van der Waals surface area (Å²) in [6.45, 7) is 0.527. The molecule has 2 heterocycles. The van der Waals surface area contributed by atoms with Crippen molar-refractivity contribution in [3.8, 4) is 11.4 Å². The monoisotopic (exact) mass is 392 g/mol. The first-order valence-electron chi connectivity index (χ1n) is 9.24. The number of pyridine rings is 1. The maximum atomic E-state index is 14.1. The number of benzene rings is 2. The molecule has 0 atom stereocenters. The molecule has 146 valence electrons. The average molecular weight is 392 g/mol. The predicted octanol–water partition coefficient (Wildman–Crippen LogP) is 4.04. The van der Waals surface area contributed by atoms with Gasteiger partial charge in [-0.05, 0) is 48.7 Å². The van der Waals surface area contributed by atoms with Crippen LogP contribution in [0, 0.1) is 11.6 Å². The van der Waals surface area contributed by atoms with E-state index >= 15 is 0 Å². The summed E-state index contributed by atoms with van der Waals surface area (Å²) in [5.74, 6) is -1.31. The molecule has 0 aliphatic heterocycles. The Morgan fingerprint density at radius 1 is 1.00 bits per heavy atom. The van der Waals surface area contributed by atoms with Crippen LogP contribution in [-0.4, -0.2) is 27.0 Å². The van der Waals surface area contributed by atoms with Crippen LogP contribution in [0.15, 0.2) is 66.9 Å². The molecule has 1 amide bonds. The average Bonchev–Trinajstić information content (AvgIpc) is 3.16. The summed E-state index contributed by atoms with van der Waals surface area (Å²) in [5.41, 5.74) is 2.02. The minimum Gasteiger partial charge on any atom is -0.352 e. The highest BCUT2D eigenvalue weighted by atomic mass is 19.1. The van der Waals surface area contributed by atoms with Crippen LogP contribution in [0.4, 0.5) is 8.78 Å². The number of halogens is 2. The van der Waals surface area contributed by atoms with Crippen LogP contribution >= 0.6 is 0 Å². The molecule has 0 radical (unpaired) electrons. The van der Waals surface area contributed by atoms with Gasteiger partial charge in [-0.25, -0.2) is 8.78 Å². The Balaban J connectivity index is 1.49. The number of aromatic nitrogens is 3. The summed E-state index contributed by atoms with van der Waals surface area (Å²) < 4.78 is 29.2. The molecule has 29 heavy (non-hydrogen) atoms. The molecule has 5 nitrogen and oxygen atoms in total. The third-order valence-electron chi connectivity index (χ3n) is 4.60. The van der Waals surface area contributed by atoms with Gasteiger partial charge in [0.25, 0.3) is 5.91 Å². The normalized spacial score (nSPS) is 11.0. The summed E-state index contributed by atoms with van der Waals surface area (Å²) in [5, 5.41) is 10.8. The number of carbonyl (C=O) groups excluding carboxylic acids is 1. The van der Waals surface area contributed by atoms with Crippen molar-refractivity contribution in [2.75, 3.05) is 6.54 Å². The van der Waals surface area contributed by atoms with Gasteiger partial charge in [0, 0.05) is 12.7 Å². The standard InChI is InChI=1S/C22H18F2N4O/c23-17-9-10-19(24)18(13-17)21-27-26-20-11-8-16(14-28(20)21)22(29)25-12-4-7-15-5-2-1-3-6-15/h1-3,5-6,8-11,13-14H,4,7,12H2,(H,25,29). The Kier molecular flexibility index (Phi) is 5.29.